The van der Waals surface area contributed by atoms with Gasteiger partial charge in [-0.15, -0.1) is 0 Å². The number of fused-ring (bicyclic) bond motifs is 3. The maximum Gasteiger partial charge on any atom is 0.139 e. The van der Waals surface area contributed by atoms with Crippen LogP contribution in [-0.2, 0) is 5.60 Å². The summed E-state index contributed by atoms with van der Waals surface area (Å²) < 4.78 is 11.6. The zero-order valence-electron chi connectivity index (χ0n) is 14.5. The summed E-state index contributed by atoms with van der Waals surface area (Å²) >= 11 is 0. The van der Waals surface area contributed by atoms with E-state index < -0.39 is 5.60 Å². The van der Waals surface area contributed by atoms with E-state index in [-0.39, 0.29) is 0 Å². The summed E-state index contributed by atoms with van der Waals surface area (Å²) in [6.45, 7) is 3.59. The van der Waals surface area contributed by atoms with E-state index in [4.69, 9.17) is 9.15 Å². The third kappa shape index (κ3) is 2.57. The average Bonchev–Trinajstić information content (AvgIpc) is 2.97. The van der Waals surface area contributed by atoms with Crippen molar-refractivity contribution in [3.8, 4) is 16.9 Å². The summed E-state index contributed by atoms with van der Waals surface area (Å²) in [6, 6.07) is 19.9. The lowest BCUT2D eigenvalue weighted by molar-refractivity contribution is 0.0792. The molecule has 0 spiro atoms. The van der Waals surface area contributed by atoms with E-state index in [0.717, 1.165) is 44.4 Å². The summed E-state index contributed by atoms with van der Waals surface area (Å²) in [4.78, 5) is 0. The first-order chi connectivity index (χ1) is 12.0. The second-order valence-corrected chi connectivity index (χ2v) is 6.75. The maximum absolute atomic E-state index is 10.6. The molecule has 0 aliphatic heterocycles. The van der Waals surface area contributed by atoms with Crippen LogP contribution in [0.3, 0.4) is 0 Å². The predicted molar refractivity (Wildman–Crippen MR) is 101 cm³/mol. The van der Waals surface area contributed by atoms with Crippen LogP contribution in [0.4, 0.5) is 0 Å². The highest BCUT2D eigenvalue weighted by Crippen LogP contribution is 2.41. The minimum Gasteiger partial charge on any atom is -0.496 e. The van der Waals surface area contributed by atoms with Gasteiger partial charge in [-0.1, -0.05) is 42.5 Å². The fourth-order valence-corrected chi connectivity index (χ4v) is 3.38. The highest BCUT2D eigenvalue weighted by Gasteiger charge is 2.23. The van der Waals surface area contributed by atoms with Gasteiger partial charge in [0.25, 0.3) is 0 Å². The molecule has 0 saturated heterocycles. The molecule has 0 radical (unpaired) electrons. The molecule has 4 rings (SSSR count). The Hall–Kier alpha value is -2.78. The molecule has 4 aromatic rings. The fourth-order valence-electron chi connectivity index (χ4n) is 3.38. The first-order valence-electron chi connectivity index (χ1n) is 8.30. The molecule has 3 aromatic carbocycles. The van der Waals surface area contributed by atoms with Gasteiger partial charge in [0.15, 0.2) is 0 Å². The molecular formula is C22H20O3. The Kier molecular flexibility index (Phi) is 3.55. The van der Waals surface area contributed by atoms with Crippen LogP contribution < -0.4 is 4.74 Å². The Labute approximate surface area is 146 Å². The Balaban J connectivity index is 2.06. The summed E-state index contributed by atoms with van der Waals surface area (Å²) in [5, 5.41) is 12.7. The van der Waals surface area contributed by atoms with Crippen molar-refractivity contribution >= 4 is 21.9 Å². The molecule has 1 heterocycles. The molecule has 1 N–H and O–H groups in total. The highest BCUT2D eigenvalue weighted by atomic mass is 16.5. The highest BCUT2D eigenvalue weighted by molar-refractivity contribution is 6.07. The third-order valence-electron chi connectivity index (χ3n) is 4.58. The maximum atomic E-state index is 10.6. The van der Waals surface area contributed by atoms with E-state index in [1.165, 1.54) is 0 Å². The van der Waals surface area contributed by atoms with Crippen molar-refractivity contribution in [2.75, 3.05) is 7.11 Å². The molecule has 0 unspecified atom stereocenters. The zero-order valence-corrected chi connectivity index (χ0v) is 14.5. The first-order valence-corrected chi connectivity index (χ1v) is 8.30. The van der Waals surface area contributed by atoms with E-state index in [9.17, 15) is 5.11 Å². The van der Waals surface area contributed by atoms with Gasteiger partial charge < -0.3 is 14.3 Å². The summed E-state index contributed by atoms with van der Waals surface area (Å²) in [6.07, 6.45) is 0. The van der Waals surface area contributed by atoms with Crippen molar-refractivity contribution in [1.29, 1.82) is 0 Å². The van der Waals surface area contributed by atoms with Crippen LogP contribution >= 0.6 is 0 Å². The number of furan rings is 1. The van der Waals surface area contributed by atoms with Crippen LogP contribution in [0.15, 0.2) is 65.1 Å². The number of benzene rings is 3. The number of para-hydroxylation sites is 1. The van der Waals surface area contributed by atoms with Gasteiger partial charge in [-0.3, -0.25) is 0 Å². The van der Waals surface area contributed by atoms with Gasteiger partial charge in [0.1, 0.15) is 16.9 Å². The monoisotopic (exact) mass is 332 g/mol. The molecule has 0 fully saturated rings. The molecule has 3 heteroatoms. The number of ether oxygens (including phenoxy) is 1. The van der Waals surface area contributed by atoms with Crippen LogP contribution in [0.25, 0.3) is 33.1 Å². The van der Waals surface area contributed by atoms with E-state index in [0.29, 0.717) is 0 Å². The lowest BCUT2D eigenvalue weighted by Gasteiger charge is -2.22. The molecule has 3 nitrogen and oxygen atoms in total. The quantitative estimate of drug-likeness (QED) is 0.539. The molecule has 0 aliphatic carbocycles. The molecule has 1 aromatic heterocycles. The second kappa shape index (κ2) is 5.64. The van der Waals surface area contributed by atoms with E-state index >= 15 is 0 Å². The third-order valence-corrected chi connectivity index (χ3v) is 4.58. The van der Waals surface area contributed by atoms with Crippen LogP contribution in [0, 0.1) is 0 Å². The number of rotatable bonds is 3. The first kappa shape index (κ1) is 15.7. The summed E-state index contributed by atoms with van der Waals surface area (Å²) in [5.74, 6) is 0.725. The Morgan fingerprint density at radius 3 is 2.32 bits per heavy atom. The summed E-state index contributed by atoms with van der Waals surface area (Å²) in [7, 11) is 1.65. The molecule has 126 valence electrons. The normalized spacial score (nSPS) is 12.0. The number of hydrogen-bond acceptors (Lipinski definition) is 3. The van der Waals surface area contributed by atoms with Crippen LogP contribution in [-0.4, -0.2) is 12.2 Å². The van der Waals surface area contributed by atoms with Crippen molar-refractivity contribution in [2.24, 2.45) is 0 Å². The van der Waals surface area contributed by atoms with Gasteiger partial charge in [-0.05, 0) is 37.1 Å². The van der Waals surface area contributed by atoms with Crippen molar-refractivity contribution in [3.05, 3.63) is 66.2 Å². The average molecular weight is 332 g/mol. The smallest absolute Gasteiger partial charge is 0.139 e. The van der Waals surface area contributed by atoms with Crippen molar-refractivity contribution in [2.45, 2.75) is 19.4 Å². The van der Waals surface area contributed by atoms with Gasteiger partial charge in [-0.2, -0.15) is 0 Å². The lowest BCUT2D eigenvalue weighted by Crippen LogP contribution is -2.16. The van der Waals surface area contributed by atoms with Crippen LogP contribution in [0.2, 0.25) is 0 Å². The van der Waals surface area contributed by atoms with Gasteiger partial charge in [0.05, 0.1) is 12.7 Å². The number of hydrogen-bond donors (Lipinski definition) is 1. The number of methoxy groups -OCH3 is 1. The Morgan fingerprint density at radius 1 is 0.840 bits per heavy atom. The molecule has 0 aliphatic rings. The second-order valence-electron chi connectivity index (χ2n) is 6.75. The van der Waals surface area contributed by atoms with Crippen LogP contribution in [0.5, 0.6) is 5.75 Å². The van der Waals surface area contributed by atoms with E-state index in [1.54, 1.807) is 21.0 Å². The predicted octanol–water partition coefficient (Wildman–Crippen LogP) is 5.49. The van der Waals surface area contributed by atoms with Crippen LogP contribution in [0.1, 0.15) is 19.4 Å². The molecule has 0 atom stereocenters. The number of aliphatic hydroxyl groups is 1. The topological polar surface area (TPSA) is 42.6 Å². The van der Waals surface area contributed by atoms with Gasteiger partial charge in [0, 0.05) is 22.4 Å². The Bertz CT molecular complexity index is 1070. The Morgan fingerprint density at radius 2 is 1.56 bits per heavy atom. The van der Waals surface area contributed by atoms with Gasteiger partial charge >= 0.3 is 0 Å². The standard InChI is InChI=1S/C22H20O3/c1-22(2,23)18-10-6-4-8-14(18)16-12-17-15-9-5-7-11-19(15)25-21(17)13-20(16)24-3/h4-13,23H,1-3H3. The molecule has 0 bridgehead atoms. The van der Waals surface area contributed by atoms with E-state index in [1.807, 2.05) is 48.5 Å². The largest absolute Gasteiger partial charge is 0.496 e. The van der Waals surface area contributed by atoms with Gasteiger partial charge in [-0.25, -0.2) is 0 Å². The molecule has 25 heavy (non-hydrogen) atoms. The van der Waals surface area contributed by atoms with Gasteiger partial charge in [0.2, 0.25) is 0 Å². The fraction of sp³-hybridized carbons (Fsp3) is 0.182. The zero-order chi connectivity index (χ0) is 17.6. The molecule has 0 amide bonds. The minimum atomic E-state index is -0.949. The molecule has 0 saturated carbocycles. The SMILES string of the molecule is COc1cc2oc3ccccc3c2cc1-c1ccccc1C(C)(C)O. The van der Waals surface area contributed by atoms with Crippen molar-refractivity contribution < 1.29 is 14.3 Å². The van der Waals surface area contributed by atoms with E-state index in [2.05, 4.69) is 12.1 Å². The van der Waals surface area contributed by atoms with Crippen molar-refractivity contribution in [3.63, 3.8) is 0 Å². The lowest BCUT2D eigenvalue weighted by atomic mass is 9.89. The molecular weight excluding hydrogens is 312 g/mol. The summed E-state index contributed by atoms with van der Waals surface area (Å²) in [5.41, 5.74) is 3.46. The van der Waals surface area contributed by atoms with Crippen molar-refractivity contribution in [1.82, 2.24) is 0 Å². The minimum absolute atomic E-state index is 0.725.